The molecule has 2 aromatic rings. The van der Waals surface area contributed by atoms with Gasteiger partial charge in [-0.1, -0.05) is 30.3 Å². The summed E-state index contributed by atoms with van der Waals surface area (Å²) in [6.07, 6.45) is 2.27. The molecule has 1 aromatic carbocycles. The van der Waals surface area contributed by atoms with Crippen LogP contribution in [0.3, 0.4) is 0 Å². The Hall–Kier alpha value is -2.41. The van der Waals surface area contributed by atoms with E-state index in [1.165, 1.54) is 0 Å². The Morgan fingerprint density at radius 3 is 2.50 bits per heavy atom. The molecule has 0 spiro atoms. The summed E-state index contributed by atoms with van der Waals surface area (Å²) in [4.78, 5) is 25.5. The summed E-state index contributed by atoms with van der Waals surface area (Å²) in [5.74, 6) is -0.744. The lowest BCUT2D eigenvalue weighted by atomic mass is 9.94. The molecular formula is C21H23NO5S. The number of esters is 1. The van der Waals surface area contributed by atoms with E-state index in [4.69, 9.17) is 4.74 Å². The fraction of sp³-hybridized carbons (Fsp3) is 0.429. The van der Waals surface area contributed by atoms with Crippen molar-refractivity contribution in [2.45, 2.75) is 44.8 Å². The molecule has 2 aliphatic carbocycles. The Kier molecular flexibility index (Phi) is 4.65. The Bertz CT molecular complexity index is 1050. The minimum absolute atomic E-state index is 0.0891. The number of fused-ring (bicyclic) bond motifs is 1. The van der Waals surface area contributed by atoms with Crippen molar-refractivity contribution in [3.05, 3.63) is 58.4 Å². The molecule has 0 radical (unpaired) electrons. The van der Waals surface area contributed by atoms with Gasteiger partial charge >= 0.3 is 5.97 Å². The lowest BCUT2D eigenvalue weighted by Gasteiger charge is -2.12. The molecule has 0 aliphatic heterocycles. The molecule has 1 aromatic heterocycles. The number of carbonyl (C=O) groups excluding carboxylic acids is 2. The van der Waals surface area contributed by atoms with Crippen LogP contribution in [0.5, 0.6) is 0 Å². The van der Waals surface area contributed by atoms with Crippen molar-refractivity contribution in [3.63, 3.8) is 0 Å². The molecule has 0 saturated heterocycles. The van der Waals surface area contributed by atoms with E-state index in [0.717, 1.165) is 16.8 Å². The summed E-state index contributed by atoms with van der Waals surface area (Å²) in [5, 5.41) is 0. The van der Waals surface area contributed by atoms with Crippen LogP contribution in [-0.4, -0.2) is 30.7 Å². The number of nitrogens with zero attached hydrogens (tertiary/aromatic N) is 1. The first-order valence-corrected chi connectivity index (χ1v) is 11.2. The van der Waals surface area contributed by atoms with E-state index in [2.05, 4.69) is 0 Å². The average Bonchev–Trinajstić information content (AvgIpc) is 3.36. The highest BCUT2D eigenvalue weighted by atomic mass is 32.2. The van der Waals surface area contributed by atoms with E-state index in [-0.39, 0.29) is 47.4 Å². The van der Waals surface area contributed by atoms with Crippen LogP contribution in [0.1, 0.15) is 69.8 Å². The van der Waals surface area contributed by atoms with E-state index in [9.17, 15) is 18.0 Å². The van der Waals surface area contributed by atoms with Crippen molar-refractivity contribution < 1.29 is 22.7 Å². The second-order valence-electron chi connectivity index (χ2n) is 7.52. The van der Waals surface area contributed by atoms with Crippen LogP contribution >= 0.6 is 0 Å². The number of aromatic nitrogens is 1. The van der Waals surface area contributed by atoms with Crippen LogP contribution in [0.15, 0.2) is 30.3 Å². The van der Waals surface area contributed by atoms with Crippen LogP contribution in [0.4, 0.5) is 0 Å². The molecule has 6 nitrogen and oxygen atoms in total. The van der Waals surface area contributed by atoms with E-state index >= 15 is 0 Å². The van der Waals surface area contributed by atoms with Gasteiger partial charge in [-0.25, -0.2) is 17.2 Å². The molecule has 0 amide bonds. The van der Waals surface area contributed by atoms with Crippen LogP contribution in [-0.2, 0) is 20.5 Å². The quantitative estimate of drug-likeness (QED) is 0.693. The number of carbonyl (C=O) groups is 2. The van der Waals surface area contributed by atoms with Crippen LogP contribution < -0.4 is 0 Å². The minimum atomic E-state index is -3.87. The first-order chi connectivity index (χ1) is 13.3. The molecule has 0 bridgehead atoms. The number of rotatable bonds is 6. The van der Waals surface area contributed by atoms with Crippen molar-refractivity contribution in [2.75, 3.05) is 6.61 Å². The Morgan fingerprint density at radius 2 is 1.89 bits per heavy atom. The van der Waals surface area contributed by atoms with Gasteiger partial charge in [-0.3, -0.25) is 4.79 Å². The summed E-state index contributed by atoms with van der Waals surface area (Å²) >= 11 is 0. The largest absolute Gasteiger partial charge is 0.462 e. The lowest BCUT2D eigenvalue weighted by Crippen LogP contribution is -2.21. The highest BCUT2D eigenvalue weighted by Gasteiger charge is 2.47. The predicted octanol–water partition coefficient (Wildman–Crippen LogP) is 3.43. The van der Waals surface area contributed by atoms with Gasteiger partial charge in [0.2, 0.25) is 10.0 Å². The topological polar surface area (TPSA) is 82.4 Å². The number of hydrogen-bond donors (Lipinski definition) is 0. The smallest absolute Gasteiger partial charge is 0.340 e. The molecule has 28 heavy (non-hydrogen) atoms. The zero-order valence-electron chi connectivity index (χ0n) is 16.0. The van der Waals surface area contributed by atoms with E-state index < -0.39 is 16.0 Å². The third kappa shape index (κ3) is 3.07. The number of ether oxygens (including phenoxy) is 1. The number of ketones is 1. The maximum absolute atomic E-state index is 13.3. The number of benzene rings is 1. The molecule has 1 unspecified atom stereocenters. The van der Waals surface area contributed by atoms with Crippen molar-refractivity contribution in [1.29, 1.82) is 0 Å². The normalized spacial score (nSPS) is 18.9. The summed E-state index contributed by atoms with van der Waals surface area (Å²) in [6, 6.07) is 8.83. The van der Waals surface area contributed by atoms with Crippen LogP contribution in [0.2, 0.25) is 0 Å². The Morgan fingerprint density at radius 1 is 1.21 bits per heavy atom. The maximum Gasteiger partial charge on any atom is 0.340 e. The molecule has 1 fully saturated rings. The monoisotopic (exact) mass is 401 g/mol. The van der Waals surface area contributed by atoms with Crippen molar-refractivity contribution in [3.8, 4) is 0 Å². The van der Waals surface area contributed by atoms with Gasteiger partial charge in [-0.15, -0.1) is 0 Å². The van der Waals surface area contributed by atoms with E-state index in [0.29, 0.717) is 17.0 Å². The zero-order valence-corrected chi connectivity index (χ0v) is 16.8. The van der Waals surface area contributed by atoms with Crippen LogP contribution in [0.25, 0.3) is 0 Å². The summed E-state index contributed by atoms with van der Waals surface area (Å²) < 4.78 is 32.9. The van der Waals surface area contributed by atoms with Crippen molar-refractivity contribution in [2.24, 2.45) is 5.92 Å². The Labute approximate surface area is 164 Å². The SMILES string of the molecule is CCOC(=O)c1c2c(n(S(=O)(=O)Cc3ccccc3)c1C)C(=O)CC2C1CC1. The van der Waals surface area contributed by atoms with Gasteiger partial charge in [-0.05, 0) is 44.1 Å². The molecule has 2 aliphatic rings. The molecule has 1 saturated carbocycles. The highest BCUT2D eigenvalue weighted by Crippen LogP contribution is 2.52. The first-order valence-electron chi connectivity index (χ1n) is 9.57. The molecule has 7 heteroatoms. The van der Waals surface area contributed by atoms with Crippen LogP contribution in [0, 0.1) is 12.8 Å². The predicted molar refractivity (Wildman–Crippen MR) is 104 cm³/mol. The van der Waals surface area contributed by atoms with Gasteiger partial charge in [0, 0.05) is 17.7 Å². The molecular weight excluding hydrogens is 378 g/mol. The zero-order chi connectivity index (χ0) is 20.1. The molecule has 1 atom stereocenters. The fourth-order valence-electron chi connectivity index (χ4n) is 4.27. The second-order valence-corrected chi connectivity index (χ2v) is 9.34. The molecule has 148 valence electrons. The minimum Gasteiger partial charge on any atom is -0.462 e. The van der Waals surface area contributed by atoms with Crippen molar-refractivity contribution >= 4 is 21.8 Å². The van der Waals surface area contributed by atoms with Gasteiger partial charge in [0.05, 0.1) is 17.9 Å². The van der Waals surface area contributed by atoms with E-state index in [1.54, 1.807) is 38.1 Å². The Balaban J connectivity index is 1.88. The standard InChI is InChI=1S/C21H23NO5S/c1-3-27-21(24)18-13(2)22(28(25,26)12-14-7-5-4-6-8-14)20-17(23)11-16(19(18)20)15-9-10-15/h4-8,15-16H,3,9-12H2,1-2H3. The average molecular weight is 401 g/mol. The summed E-state index contributed by atoms with van der Waals surface area (Å²) in [6.45, 7) is 3.49. The summed E-state index contributed by atoms with van der Waals surface area (Å²) in [7, 11) is -3.87. The van der Waals surface area contributed by atoms with Gasteiger partial charge in [-0.2, -0.15) is 0 Å². The highest BCUT2D eigenvalue weighted by molar-refractivity contribution is 7.89. The van der Waals surface area contributed by atoms with Gasteiger partial charge < -0.3 is 4.74 Å². The maximum atomic E-state index is 13.3. The molecule has 4 rings (SSSR count). The van der Waals surface area contributed by atoms with Gasteiger partial charge in [0.1, 0.15) is 5.69 Å². The van der Waals surface area contributed by atoms with Gasteiger partial charge in [0.15, 0.2) is 5.78 Å². The second kappa shape index (κ2) is 6.88. The lowest BCUT2D eigenvalue weighted by molar-refractivity contribution is 0.0523. The van der Waals surface area contributed by atoms with Crippen molar-refractivity contribution in [1.82, 2.24) is 3.97 Å². The third-order valence-electron chi connectivity index (χ3n) is 5.57. The summed E-state index contributed by atoms with van der Waals surface area (Å²) in [5.41, 5.74) is 1.91. The molecule has 0 N–H and O–H groups in total. The van der Waals surface area contributed by atoms with Gasteiger partial charge in [0.25, 0.3) is 0 Å². The van der Waals surface area contributed by atoms with E-state index in [1.807, 2.05) is 6.07 Å². The number of hydrogen-bond acceptors (Lipinski definition) is 5. The first kappa shape index (κ1) is 18.9. The molecule has 1 heterocycles. The number of Topliss-reactive ketones (excluding diaryl/α,β-unsaturated/α-hetero) is 1. The third-order valence-corrected chi connectivity index (χ3v) is 7.29. The fourth-order valence-corrected chi connectivity index (χ4v) is 6.00.